The number of H-pyrrole nitrogens is 1. The Kier molecular flexibility index (Phi) is 3.16. The molecule has 0 spiro atoms. The van der Waals surface area contributed by atoms with E-state index in [0.29, 0.717) is 17.0 Å². The monoisotopic (exact) mass is 296 g/mol. The van der Waals surface area contributed by atoms with Gasteiger partial charge in [0.25, 0.3) is 11.3 Å². The first-order valence-corrected chi connectivity index (χ1v) is 7.34. The van der Waals surface area contributed by atoms with Gasteiger partial charge in [-0.3, -0.25) is 9.89 Å². The van der Waals surface area contributed by atoms with Crippen molar-refractivity contribution in [2.45, 2.75) is 41.5 Å². The molecule has 5 heteroatoms. The minimum absolute atomic E-state index is 0.103. The molecule has 114 valence electrons. The van der Waals surface area contributed by atoms with Crippen LogP contribution >= 0.6 is 0 Å². The molecule has 0 bridgehead atoms. The molecule has 0 fully saturated rings. The number of hydrogen-bond donors (Lipinski definition) is 1. The van der Waals surface area contributed by atoms with Crippen molar-refractivity contribution in [2.75, 3.05) is 0 Å². The summed E-state index contributed by atoms with van der Waals surface area (Å²) in [4.78, 5) is 21.4. The van der Waals surface area contributed by atoms with Crippen LogP contribution in [0.4, 0.5) is 0 Å². The van der Waals surface area contributed by atoms with E-state index in [1.165, 1.54) is 27.5 Å². The van der Waals surface area contributed by atoms with E-state index in [1.54, 1.807) is 0 Å². The van der Waals surface area contributed by atoms with Gasteiger partial charge >= 0.3 is 0 Å². The highest BCUT2D eigenvalue weighted by molar-refractivity contribution is 5.76. The Hall–Kier alpha value is -2.43. The lowest BCUT2D eigenvalue weighted by Crippen LogP contribution is -2.20. The summed E-state index contributed by atoms with van der Waals surface area (Å²) in [5.41, 5.74) is 8.29. The minimum atomic E-state index is -0.103. The van der Waals surface area contributed by atoms with Gasteiger partial charge < -0.3 is 0 Å². The van der Waals surface area contributed by atoms with Gasteiger partial charge in [0.05, 0.1) is 11.3 Å². The topological polar surface area (TPSA) is 63.1 Å². The van der Waals surface area contributed by atoms with E-state index < -0.39 is 0 Å². The molecule has 22 heavy (non-hydrogen) atoms. The van der Waals surface area contributed by atoms with Crippen molar-refractivity contribution in [3.8, 4) is 11.1 Å². The van der Waals surface area contributed by atoms with Gasteiger partial charge in [0, 0.05) is 0 Å². The van der Waals surface area contributed by atoms with Gasteiger partial charge in [-0.2, -0.15) is 4.52 Å². The van der Waals surface area contributed by atoms with Crippen molar-refractivity contribution in [1.29, 1.82) is 0 Å². The van der Waals surface area contributed by atoms with Crippen molar-refractivity contribution in [3.63, 3.8) is 0 Å². The van der Waals surface area contributed by atoms with Crippen LogP contribution in [0.25, 0.3) is 16.9 Å². The lowest BCUT2D eigenvalue weighted by Gasteiger charge is -2.19. The third-order valence-electron chi connectivity index (χ3n) is 4.86. The molecule has 5 nitrogen and oxygen atoms in total. The molecule has 2 aromatic heterocycles. The molecule has 0 saturated carbocycles. The van der Waals surface area contributed by atoms with E-state index in [0.717, 1.165) is 16.7 Å². The number of aromatic amines is 1. The van der Waals surface area contributed by atoms with Crippen LogP contribution in [0.15, 0.2) is 11.1 Å². The van der Waals surface area contributed by atoms with E-state index in [4.69, 9.17) is 0 Å². The van der Waals surface area contributed by atoms with E-state index >= 15 is 0 Å². The summed E-state index contributed by atoms with van der Waals surface area (Å²) in [6.07, 6.45) is 1.48. The van der Waals surface area contributed by atoms with E-state index in [2.05, 4.69) is 49.7 Å². The van der Waals surface area contributed by atoms with Gasteiger partial charge in [0.2, 0.25) is 0 Å². The lowest BCUT2D eigenvalue weighted by atomic mass is 9.86. The molecule has 0 aliphatic heterocycles. The van der Waals surface area contributed by atoms with Crippen LogP contribution in [-0.4, -0.2) is 19.6 Å². The molecule has 0 unspecified atom stereocenters. The zero-order chi connectivity index (χ0) is 16.2. The molecule has 0 saturated heterocycles. The van der Waals surface area contributed by atoms with Gasteiger partial charge in [-0.15, -0.1) is 0 Å². The summed E-state index contributed by atoms with van der Waals surface area (Å²) < 4.78 is 1.39. The molecule has 0 radical (unpaired) electrons. The van der Waals surface area contributed by atoms with E-state index in [1.807, 2.05) is 6.92 Å². The smallest absolute Gasteiger partial charge is 0.278 e. The number of hydrogen-bond acceptors (Lipinski definition) is 3. The van der Waals surface area contributed by atoms with Gasteiger partial charge in [0.15, 0.2) is 0 Å². The second-order valence-electron chi connectivity index (χ2n) is 5.90. The molecule has 0 atom stereocenters. The fourth-order valence-corrected chi connectivity index (χ4v) is 3.12. The SMILES string of the molecule is Cc1nc2nc[nH]n2c(=O)c1-c1c(C)c(C)c(C)c(C)c1C. The van der Waals surface area contributed by atoms with Crippen LogP contribution in [0.3, 0.4) is 0 Å². The standard InChI is InChI=1S/C17H20N4O/c1-8-9(2)11(4)14(12(5)10(8)3)15-13(6)20-17-18-7-19-21(17)16(15)22/h7H,1-6H3,(H,18,19,20). The summed E-state index contributed by atoms with van der Waals surface area (Å²) in [6, 6.07) is 0. The Morgan fingerprint density at radius 2 is 1.41 bits per heavy atom. The molecule has 3 rings (SSSR count). The Bertz CT molecular complexity index is 934. The zero-order valence-corrected chi connectivity index (χ0v) is 13.8. The first-order valence-electron chi connectivity index (χ1n) is 7.34. The molecule has 1 aromatic carbocycles. The van der Waals surface area contributed by atoms with Crippen LogP contribution in [0.2, 0.25) is 0 Å². The number of nitrogens with zero attached hydrogens (tertiary/aromatic N) is 3. The lowest BCUT2D eigenvalue weighted by molar-refractivity contribution is 0.891. The van der Waals surface area contributed by atoms with Gasteiger partial charge in [-0.1, -0.05) is 0 Å². The van der Waals surface area contributed by atoms with Crippen molar-refractivity contribution >= 4 is 5.78 Å². The molecule has 3 aromatic rings. The predicted octanol–water partition coefficient (Wildman–Crippen LogP) is 2.94. The normalized spacial score (nSPS) is 11.4. The maximum absolute atomic E-state index is 12.9. The molecule has 0 aliphatic rings. The van der Waals surface area contributed by atoms with Gasteiger partial charge in [0.1, 0.15) is 6.33 Å². The van der Waals surface area contributed by atoms with Crippen LogP contribution in [0.1, 0.15) is 33.5 Å². The third kappa shape index (κ3) is 1.81. The molecule has 0 amide bonds. The molecule has 2 heterocycles. The van der Waals surface area contributed by atoms with Crippen LogP contribution in [0, 0.1) is 41.5 Å². The summed E-state index contributed by atoms with van der Waals surface area (Å²) >= 11 is 0. The number of nitrogens with one attached hydrogen (secondary N) is 1. The number of rotatable bonds is 1. The highest BCUT2D eigenvalue weighted by Gasteiger charge is 2.20. The maximum atomic E-state index is 12.9. The Balaban J connectivity index is 2.50. The van der Waals surface area contributed by atoms with Crippen molar-refractivity contribution in [3.05, 3.63) is 50.2 Å². The van der Waals surface area contributed by atoms with Crippen molar-refractivity contribution < 1.29 is 0 Å². The van der Waals surface area contributed by atoms with Crippen LogP contribution < -0.4 is 5.56 Å². The average Bonchev–Trinajstić information content (AvgIpc) is 2.95. The summed E-state index contributed by atoms with van der Waals surface area (Å²) in [6.45, 7) is 12.4. The van der Waals surface area contributed by atoms with E-state index in [-0.39, 0.29) is 5.56 Å². The quantitative estimate of drug-likeness (QED) is 0.751. The predicted molar refractivity (Wildman–Crippen MR) is 87.5 cm³/mol. The first kappa shape index (κ1) is 14.5. The molecular weight excluding hydrogens is 276 g/mol. The molecule has 0 aliphatic carbocycles. The Morgan fingerprint density at radius 1 is 0.864 bits per heavy atom. The highest BCUT2D eigenvalue weighted by Crippen LogP contribution is 2.33. The Labute approximate surface area is 129 Å². The van der Waals surface area contributed by atoms with Gasteiger partial charge in [-0.25, -0.2) is 9.97 Å². The second kappa shape index (κ2) is 4.80. The van der Waals surface area contributed by atoms with Crippen molar-refractivity contribution in [2.24, 2.45) is 0 Å². The van der Waals surface area contributed by atoms with Crippen LogP contribution in [0.5, 0.6) is 0 Å². The zero-order valence-electron chi connectivity index (χ0n) is 13.8. The number of aromatic nitrogens is 4. The summed E-state index contributed by atoms with van der Waals surface area (Å²) in [5.74, 6) is 0.405. The molecular formula is C17H20N4O. The first-order chi connectivity index (χ1) is 10.3. The summed E-state index contributed by atoms with van der Waals surface area (Å²) in [5, 5.41) is 2.84. The Morgan fingerprint density at radius 3 is 2.00 bits per heavy atom. The van der Waals surface area contributed by atoms with Crippen molar-refractivity contribution in [1.82, 2.24) is 19.6 Å². The van der Waals surface area contributed by atoms with Gasteiger partial charge in [-0.05, 0) is 74.9 Å². The number of benzene rings is 1. The fourth-order valence-electron chi connectivity index (χ4n) is 3.12. The fraction of sp³-hybridized carbons (Fsp3) is 0.353. The minimum Gasteiger partial charge on any atom is -0.278 e. The second-order valence-corrected chi connectivity index (χ2v) is 5.90. The molecule has 1 N–H and O–H groups in total. The highest BCUT2D eigenvalue weighted by atomic mass is 16.1. The van der Waals surface area contributed by atoms with Crippen LogP contribution in [-0.2, 0) is 0 Å². The maximum Gasteiger partial charge on any atom is 0.282 e. The van der Waals surface area contributed by atoms with E-state index in [9.17, 15) is 4.79 Å². The summed E-state index contributed by atoms with van der Waals surface area (Å²) in [7, 11) is 0. The average molecular weight is 296 g/mol. The third-order valence-corrected chi connectivity index (χ3v) is 4.86. The number of fused-ring (bicyclic) bond motifs is 1. The largest absolute Gasteiger partial charge is 0.282 e. The number of aryl methyl sites for hydroxylation is 1.